The highest BCUT2D eigenvalue weighted by Gasteiger charge is 2.09. The molecule has 0 aliphatic carbocycles. The first-order chi connectivity index (χ1) is 9.04. The van der Waals surface area contributed by atoms with Gasteiger partial charge in [0.1, 0.15) is 12.4 Å². The highest BCUT2D eigenvalue weighted by Crippen LogP contribution is 2.34. The molecule has 0 radical (unpaired) electrons. The Labute approximate surface area is 132 Å². The SMILES string of the molecule is COCCOc1c(Br)cc(CNCC(C)C)cc1Br. The Morgan fingerprint density at radius 3 is 2.32 bits per heavy atom. The van der Waals surface area contributed by atoms with Gasteiger partial charge in [0.15, 0.2) is 0 Å². The lowest BCUT2D eigenvalue weighted by atomic mass is 10.2. The van der Waals surface area contributed by atoms with E-state index in [9.17, 15) is 0 Å². The van der Waals surface area contributed by atoms with E-state index in [0.717, 1.165) is 27.8 Å². The van der Waals surface area contributed by atoms with Crippen molar-refractivity contribution in [3.8, 4) is 5.75 Å². The van der Waals surface area contributed by atoms with Gasteiger partial charge in [0, 0.05) is 13.7 Å². The lowest BCUT2D eigenvalue weighted by Gasteiger charge is -2.13. The number of halogens is 2. The zero-order chi connectivity index (χ0) is 14.3. The monoisotopic (exact) mass is 393 g/mol. The van der Waals surface area contributed by atoms with E-state index in [1.165, 1.54) is 5.56 Å². The number of methoxy groups -OCH3 is 1. The minimum absolute atomic E-state index is 0.540. The lowest BCUT2D eigenvalue weighted by molar-refractivity contribution is 0.145. The van der Waals surface area contributed by atoms with Crippen LogP contribution in [0.1, 0.15) is 19.4 Å². The lowest BCUT2D eigenvalue weighted by Crippen LogP contribution is -2.19. The van der Waals surface area contributed by atoms with E-state index in [-0.39, 0.29) is 0 Å². The summed E-state index contributed by atoms with van der Waals surface area (Å²) in [5.74, 6) is 1.48. The molecule has 0 atom stereocenters. The van der Waals surface area contributed by atoms with Crippen molar-refractivity contribution in [2.45, 2.75) is 20.4 Å². The molecule has 0 saturated carbocycles. The molecule has 0 amide bonds. The smallest absolute Gasteiger partial charge is 0.147 e. The summed E-state index contributed by atoms with van der Waals surface area (Å²) in [7, 11) is 1.66. The summed E-state index contributed by atoms with van der Waals surface area (Å²) in [6.45, 7) is 7.39. The van der Waals surface area contributed by atoms with Crippen LogP contribution in [-0.4, -0.2) is 26.9 Å². The Morgan fingerprint density at radius 2 is 1.79 bits per heavy atom. The summed E-state index contributed by atoms with van der Waals surface area (Å²) >= 11 is 7.09. The minimum atomic E-state index is 0.540. The standard InChI is InChI=1S/C14H21Br2NO2/c1-10(2)8-17-9-11-6-12(15)14(13(16)7-11)19-5-4-18-3/h6-7,10,17H,4-5,8-9H2,1-3H3. The fraction of sp³-hybridized carbons (Fsp3) is 0.571. The van der Waals surface area contributed by atoms with Crippen molar-refractivity contribution in [3.05, 3.63) is 26.6 Å². The first kappa shape index (κ1) is 17.0. The van der Waals surface area contributed by atoms with Gasteiger partial charge in [0.05, 0.1) is 15.6 Å². The van der Waals surface area contributed by atoms with Gasteiger partial charge in [-0.1, -0.05) is 13.8 Å². The molecule has 0 heterocycles. The molecule has 19 heavy (non-hydrogen) atoms. The van der Waals surface area contributed by atoms with Gasteiger partial charge in [-0.15, -0.1) is 0 Å². The average molecular weight is 395 g/mol. The number of hydrogen-bond acceptors (Lipinski definition) is 3. The van der Waals surface area contributed by atoms with Crippen molar-refractivity contribution in [3.63, 3.8) is 0 Å². The molecular formula is C14H21Br2NO2. The predicted octanol–water partition coefficient (Wildman–Crippen LogP) is 3.98. The van der Waals surface area contributed by atoms with Crippen LogP contribution in [0.25, 0.3) is 0 Å². The van der Waals surface area contributed by atoms with E-state index in [2.05, 4.69) is 63.2 Å². The van der Waals surface area contributed by atoms with Crippen LogP contribution in [0.15, 0.2) is 21.1 Å². The van der Waals surface area contributed by atoms with Gasteiger partial charge in [0.2, 0.25) is 0 Å². The fourth-order valence-electron chi connectivity index (χ4n) is 1.58. The van der Waals surface area contributed by atoms with Crippen LogP contribution in [-0.2, 0) is 11.3 Å². The minimum Gasteiger partial charge on any atom is -0.489 e. The fourth-order valence-corrected chi connectivity index (χ4v) is 3.09. The molecule has 0 aliphatic rings. The molecule has 1 aromatic carbocycles. The van der Waals surface area contributed by atoms with Gasteiger partial charge >= 0.3 is 0 Å². The number of rotatable bonds is 8. The molecule has 0 aromatic heterocycles. The maximum Gasteiger partial charge on any atom is 0.147 e. The summed E-state index contributed by atoms with van der Waals surface area (Å²) < 4.78 is 12.6. The van der Waals surface area contributed by atoms with Gasteiger partial charge in [-0.3, -0.25) is 0 Å². The molecule has 0 aliphatic heterocycles. The van der Waals surface area contributed by atoms with E-state index < -0.39 is 0 Å². The van der Waals surface area contributed by atoms with Gasteiger partial charge in [-0.2, -0.15) is 0 Å². The Balaban J connectivity index is 2.62. The van der Waals surface area contributed by atoms with Crippen LogP contribution >= 0.6 is 31.9 Å². The molecule has 1 rings (SSSR count). The quantitative estimate of drug-likeness (QED) is 0.676. The molecule has 0 saturated heterocycles. The maximum atomic E-state index is 5.67. The molecule has 0 spiro atoms. The molecular weight excluding hydrogens is 374 g/mol. The predicted molar refractivity (Wildman–Crippen MR) is 85.8 cm³/mol. The van der Waals surface area contributed by atoms with Gasteiger partial charge < -0.3 is 14.8 Å². The molecule has 5 heteroatoms. The van der Waals surface area contributed by atoms with E-state index in [0.29, 0.717) is 19.1 Å². The summed E-state index contributed by atoms with van der Waals surface area (Å²) in [5.41, 5.74) is 1.22. The van der Waals surface area contributed by atoms with Crippen LogP contribution in [0.4, 0.5) is 0 Å². The van der Waals surface area contributed by atoms with Gasteiger partial charge in [-0.05, 0) is 62.0 Å². The molecule has 0 unspecified atom stereocenters. The van der Waals surface area contributed by atoms with E-state index in [1.54, 1.807) is 7.11 Å². The van der Waals surface area contributed by atoms with E-state index >= 15 is 0 Å². The van der Waals surface area contributed by atoms with Crippen LogP contribution < -0.4 is 10.1 Å². The third kappa shape index (κ3) is 6.25. The zero-order valence-corrected chi connectivity index (χ0v) is 14.8. The summed E-state index contributed by atoms with van der Waals surface area (Å²) in [6.07, 6.45) is 0. The Hall–Kier alpha value is -0.100. The third-order valence-electron chi connectivity index (χ3n) is 2.47. The summed E-state index contributed by atoms with van der Waals surface area (Å²) in [4.78, 5) is 0. The number of nitrogens with one attached hydrogen (secondary N) is 1. The highest BCUT2D eigenvalue weighted by atomic mass is 79.9. The molecule has 1 aromatic rings. The summed E-state index contributed by atoms with van der Waals surface area (Å²) in [5, 5.41) is 3.42. The topological polar surface area (TPSA) is 30.5 Å². The van der Waals surface area contributed by atoms with Crippen molar-refractivity contribution in [1.29, 1.82) is 0 Å². The maximum absolute atomic E-state index is 5.67. The molecule has 0 fully saturated rings. The average Bonchev–Trinajstić information content (AvgIpc) is 2.32. The molecule has 0 bridgehead atoms. The number of hydrogen-bond donors (Lipinski definition) is 1. The molecule has 3 nitrogen and oxygen atoms in total. The second-order valence-corrected chi connectivity index (χ2v) is 6.46. The van der Waals surface area contributed by atoms with Crippen LogP contribution in [0.3, 0.4) is 0 Å². The number of benzene rings is 1. The van der Waals surface area contributed by atoms with Crippen molar-refractivity contribution in [2.24, 2.45) is 5.92 Å². The molecule has 1 N–H and O–H groups in total. The highest BCUT2D eigenvalue weighted by molar-refractivity contribution is 9.11. The van der Waals surface area contributed by atoms with Crippen molar-refractivity contribution >= 4 is 31.9 Å². The second kappa shape index (κ2) is 8.95. The number of ether oxygens (including phenoxy) is 2. The van der Waals surface area contributed by atoms with E-state index in [1.807, 2.05) is 0 Å². The third-order valence-corrected chi connectivity index (χ3v) is 3.65. The largest absolute Gasteiger partial charge is 0.489 e. The van der Waals surface area contributed by atoms with Crippen molar-refractivity contribution < 1.29 is 9.47 Å². The molecule has 108 valence electrons. The van der Waals surface area contributed by atoms with Crippen molar-refractivity contribution in [1.82, 2.24) is 5.32 Å². The normalized spacial score (nSPS) is 11.1. The Morgan fingerprint density at radius 1 is 1.16 bits per heavy atom. The van der Waals surface area contributed by atoms with Crippen LogP contribution in [0.2, 0.25) is 0 Å². The van der Waals surface area contributed by atoms with Crippen molar-refractivity contribution in [2.75, 3.05) is 26.9 Å². The van der Waals surface area contributed by atoms with E-state index in [4.69, 9.17) is 9.47 Å². The van der Waals surface area contributed by atoms with Gasteiger partial charge in [0.25, 0.3) is 0 Å². The Kier molecular flexibility index (Phi) is 7.99. The zero-order valence-electron chi connectivity index (χ0n) is 11.6. The van der Waals surface area contributed by atoms with Gasteiger partial charge in [-0.25, -0.2) is 0 Å². The van der Waals surface area contributed by atoms with Crippen LogP contribution in [0, 0.1) is 5.92 Å². The first-order valence-electron chi connectivity index (χ1n) is 6.35. The van der Waals surface area contributed by atoms with Crippen LogP contribution in [0.5, 0.6) is 5.75 Å². The first-order valence-corrected chi connectivity index (χ1v) is 7.93. The summed E-state index contributed by atoms with van der Waals surface area (Å²) in [6, 6.07) is 4.17. The Bertz CT molecular complexity index is 374. The second-order valence-electron chi connectivity index (χ2n) is 4.75.